The zero-order chi connectivity index (χ0) is 18.7. The molecule has 0 atom stereocenters. The number of benzene rings is 2. The molecule has 0 saturated carbocycles. The minimum Gasteiger partial charge on any atom is -0.508 e. The maximum atomic E-state index is 12.6. The smallest absolute Gasteiger partial charge is 0.254 e. The molecule has 1 N–H and O–H groups in total. The summed E-state index contributed by atoms with van der Waals surface area (Å²) in [4.78, 5) is 30.6. The Morgan fingerprint density at radius 1 is 0.846 bits per heavy atom. The van der Waals surface area contributed by atoms with Crippen LogP contribution in [0.25, 0.3) is 0 Å². The fourth-order valence-electron chi connectivity index (χ4n) is 3.02. The molecule has 0 aromatic heterocycles. The summed E-state index contributed by atoms with van der Waals surface area (Å²) in [6.07, 6.45) is 0. The third kappa shape index (κ3) is 3.79. The third-order valence-corrected chi connectivity index (χ3v) is 4.58. The van der Waals surface area contributed by atoms with Crippen LogP contribution in [0.3, 0.4) is 0 Å². The van der Waals surface area contributed by atoms with Crippen LogP contribution in [0, 0.1) is 0 Å². The summed E-state index contributed by atoms with van der Waals surface area (Å²) < 4.78 is 0. The highest BCUT2D eigenvalue weighted by atomic mass is 16.3. The summed E-state index contributed by atoms with van der Waals surface area (Å²) in [5.74, 6) is -0.0612. The third-order valence-electron chi connectivity index (χ3n) is 4.58. The van der Waals surface area contributed by atoms with Gasteiger partial charge in [0.2, 0.25) is 0 Å². The molecule has 1 aliphatic heterocycles. The lowest BCUT2D eigenvalue weighted by Gasteiger charge is -2.35. The van der Waals surface area contributed by atoms with Crippen molar-refractivity contribution >= 4 is 17.5 Å². The van der Waals surface area contributed by atoms with E-state index < -0.39 is 0 Å². The van der Waals surface area contributed by atoms with Crippen molar-refractivity contribution in [2.24, 2.45) is 0 Å². The molecule has 0 bridgehead atoms. The molecule has 2 aromatic rings. The minimum atomic E-state index is -0.122. The number of rotatable bonds is 3. The Morgan fingerprint density at radius 2 is 1.38 bits per heavy atom. The summed E-state index contributed by atoms with van der Waals surface area (Å²) in [5.41, 5.74) is 2.16. The predicted octanol–water partition coefficient (Wildman–Crippen LogP) is 2.06. The molecule has 2 aromatic carbocycles. The van der Waals surface area contributed by atoms with Gasteiger partial charge in [0, 0.05) is 57.1 Å². The summed E-state index contributed by atoms with van der Waals surface area (Å²) in [6.45, 7) is 1.96. The first kappa shape index (κ1) is 17.8. The van der Waals surface area contributed by atoms with Crippen molar-refractivity contribution in [3.63, 3.8) is 0 Å². The van der Waals surface area contributed by atoms with Gasteiger partial charge in [0.05, 0.1) is 0 Å². The SMILES string of the molecule is CN(C)c1ccc(C(=O)N2CCN(C(=O)c3cccc(O)c3)CC2)cc1. The number of phenols is 1. The molecular weight excluding hydrogens is 330 g/mol. The molecule has 0 radical (unpaired) electrons. The highest BCUT2D eigenvalue weighted by Gasteiger charge is 2.25. The molecule has 1 heterocycles. The largest absolute Gasteiger partial charge is 0.508 e. The summed E-state index contributed by atoms with van der Waals surface area (Å²) >= 11 is 0. The number of piperazine rings is 1. The highest BCUT2D eigenvalue weighted by Crippen LogP contribution is 2.17. The average molecular weight is 353 g/mol. The molecule has 0 aliphatic carbocycles. The topological polar surface area (TPSA) is 64.1 Å². The van der Waals surface area contributed by atoms with E-state index in [0.717, 1.165) is 5.69 Å². The molecule has 3 rings (SSSR count). The van der Waals surface area contributed by atoms with Gasteiger partial charge in [-0.15, -0.1) is 0 Å². The van der Waals surface area contributed by atoms with E-state index in [1.165, 1.54) is 12.1 Å². The van der Waals surface area contributed by atoms with Crippen LogP contribution in [0.4, 0.5) is 5.69 Å². The van der Waals surface area contributed by atoms with Gasteiger partial charge in [-0.25, -0.2) is 0 Å². The molecule has 1 fully saturated rings. The van der Waals surface area contributed by atoms with Crippen LogP contribution in [0.1, 0.15) is 20.7 Å². The van der Waals surface area contributed by atoms with E-state index in [0.29, 0.717) is 37.3 Å². The van der Waals surface area contributed by atoms with E-state index in [1.54, 1.807) is 21.9 Å². The van der Waals surface area contributed by atoms with Crippen LogP contribution >= 0.6 is 0 Å². The average Bonchev–Trinajstić information content (AvgIpc) is 2.67. The minimum absolute atomic E-state index is 0.0141. The monoisotopic (exact) mass is 353 g/mol. The maximum Gasteiger partial charge on any atom is 0.254 e. The molecule has 136 valence electrons. The van der Waals surface area contributed by atoms with E-state index in [-0.39, 0.29) is 17.6 Å². The molecule has 6 heteroatoms. The zero-order valence-electron chi connectivity index (χ0n) is 15.1. The fraction of sp³-hybridized carbons (Fsp3) is 0.300. The summed E-state index contributed by atoms with van der Waals surface area (Å²) in [7, 11) is 3.92. The first-order valence-electron chi connectivity index (χ1n) is 8.60. The van der Waals surface area contributed by atoms with Gasteiger partial charge in [0.15, 0.2) is 0 Å². The Labute approximate surface area is 153 Å². The number of carbonyl (C=O) groups is 2. The highest BCUT2D eigenvalue weighted by molar-refractivity contribution is 5.96. The van der Waals surface area contributed by atoms with E-state index in [4.69, 9.17) is 0 Å². The van der Waals surface area contributed by atoms with Crippen LogP contribution in [0.2, 0.25) is 0 Å². The first-order valence-corrected chi connectivity index (χ1v) is 8.60. The normalized spacial score (nSPS) is 14.2. The zero-order valence-corrected chi connectivity index (χ0v) is 15.1. The lowest BCUT2D eigenvalue weighted by atomic mass is 10.1. The number of carbonyl (C=O) groups excluding carboxylic acids is 2. The van der Waals surface area contributed by atoms with Gasteiger partial charge in [-0.2, -0.15) is 0 Å². The Kier molecular flexibility index (Phi) is 5.11. The molecular formula is C20H23N3O3. The number of amides is 2. The number of nitrogens with zero attached hydrogens (tertiary/aromatic N) is 3. The first-order chi connectivity index (χ1) is 12.5. The van der Waals surface area contributed by atoms with E-state index in [1.807, 2.05) is 43.3 Å². The quantitative estimate of drug-likeness (QED) is 0.917. The van der Waals surface area contributed by atoms with Crippen LogP contribution < -0.4 is 4.90 Å². The van der Waals surface area contributed by atoms with Crippen molar-refractivity contribution < 1.29 is 14.7 Å². The van der Waals surface area contributed by atoms with Crippen LogP contribution in [0.5, 0.6) is 5.75 Å². The standard InChI is InChI=1S/C20H23N3O3/c1-21(2)17-8-6-15(7-9-17)19(25)22-10-12-23(13-11-22)20(26)16-4-3-5-18(24)14-16/h3-9,14,24H,10-13H2,1-2H3. The second-order valence-electron chi connectivity index (χ2n) is 6.58. The molecule has 0 spiro atoms. The van der Waals surface area contributed by atoms with Crippen molar-refractivity contribution in [2.75, 3.05) is 45.2 Å². The second kappa shape index (κ2) is 7.47. The van der Waals surface area contributed by atoms with Crippen molar-refractivity contribution in [3.8, 4) is 5.75 Å². The van der Waals surface area contributed by atoms with E-state index in [9.17, 15) is 14.7 Å². The van der Waals surface area contributed by atoms with Crippen LogP contribution in [-0.4, -0.2) is 67.0 Å². The fourth-order valence-corrected chi connectivity index (χ4v) is 3.02. The van der Waals surface area contributed by atoms with E-state index in [2.05, 4.69) is 0 Å². The number of aromatic hydroxyl groups is 1. The number of phenolic OH excluding ortho intramolecular Hbond substituents is 1. The van der Waals surface area contributed by atoms with Gasteiger partial charge >= 0.3 is 0 Å². The lowest BCUT2D eigenvalue weighted by Crippen LogP contribution is -2.50. The van der Waals surface area contributed by atoms with Gasteiger partial charge in [-0.05, 0) is 42.5 Å². The Hall–Kier alpha value is -3.02. The number of hydrogen-bond acceptors (Lipinski definition) is 4. The molecule has 6 nitrogen and oxygen atoms in total. The Balaban J connectivity index is 1.61. The molecule has 1 aliphatic rings. The van der Waals surface area contributed by atoms with Gasteiger partial charge in [-0.1, -0.05) is 6.07 Å². The van der Waals surface area contributed by atoms with Crippen LogP contribution in [-0.2, 0) is 0 Å². The predicted molar refractivity (Wildman–Crippen MR) is 101 cm³/mol. The van der Waals surface area contributed by atoms with Crippen molar-refractivity contribution in [3.05, 3.63) is 59.7 Å². The summed E-state index contributed by atoms with van der Waals surface area (Å²) in [6, 6.07) is 13.9. The van der Waals surface area contributed by atoms with Gasteiger partial charge in [0.25, 0.3) is 11.8 Å². The molecule has 1 saturated heterocycles. The molecule has 0 unspecified atom stereocenters. The second-order valence-corrected chi connectivity index (χ2v) is 6.58. The number of hydrogen-bond donors (Lipinski definition) is 1. The molecule has 2 amide bonds. The van der Waals surface area contributed by atoms with Crippen molar-refractivity contribution in [1.29, 1.82) is 0 Å². The Bertz CT molecular complexity index is 794. The molecule has 26 heavy (non-hydrogen) atoms. The number of anilines is 1. The maximum absolute atomic E-state index is 12.6. The Morgan fingerprint density at radius 3 is 1.88 bits per heavy atom. The van der Waals surface area contributed by atoms with Gasteiger partial charge < -0.3 is 19.8 Å². The van der Waals surface area contributed by atoms with Crippen molar-refractivity contribution in [2.45, 2.75) is 0 Å². The van der Waals surface area contributed by atoms with Gasteiger partial charge in [-0.3, -0.25) is 9.59 Å². The van der Waals surface area contributed by atoms with Gasteiger partial charge in [0.1, 0.15) is 5.75 Å². The lowest BCUT2D eigenvalue weighted by molar-refractivity contribution is 0.0535. The van der Waals surface area contributed by atoms with Crippen molar-refractivity contribution in [1.82, 2.24) is 9.80 Å². The van der Waals surface area contributed by atoms with Crippen LogP contribution in [0.15, 0.2) is 48.5 Å². The van der Waals surface area contributed by atoms with E-state index >= 15 is 0 Å². The summed E-state index contributed by atoms with van der Waals surface area (Å²) in [5, 5.41) is 9.53.